The molecule has 2 aliphatic carbocycles. The molecule has 34 heavy (non-hydrogen) atoms. The Morgan fingerprint density at radius 3 is 2.18 bits per heavy atom. The lowest BCUT2D eigenvalue weighted by Crippen LogP contribution is -2.33. The van der Waals surface area contributed by atoms with Gasteiger partial charge in [0, 0.05) is 25.4 Å². The standard InChI is InChI=1S/C24H24F2N2O6/c25-24(26)18(20(24)21(30)27-10-9-19(29)22(31)32)11-28-23(33)34-12-17-15-7-3-1-5-13(15)14-6-2-4-8-16(14)17/h1-8,17-20,29H,9-12H2,(H,27,30)(H,28,33)(H,31,32)/t18-,19?,20-/m0/s1. The molecule has 4 rings (SSSR count). The van der Waals surface area contributed by atoms with Crippen molar-refractivity contribution in [1.29, 1.82) is 0 Å². The SMILES string of the molecule is O=C(NC[C@H]1[C@@H](C(=O)NCCC(O)C(=O)O)C1(F)F)OCC1c2ccccc2-c2ccccc21. The topological polar surface area (TPSA) is 125 Å². The summed E-state index contributed by atoms with van der Waals surface area (Å²) in [6, 6.07) is 15.6. The third-order valence-electron chi connectivity index (χ3n) is 6.30. The normalized spacial score (nSPS) is 20.6. The average Bonchev–Trinajstić information content (AvgIpc) is 3.22. The van der Waals surface area contributed by atoms with Crippen molar-refractivity contribution < 1.29 is 38.1 Å². The Kier molecular flexibility index (Phi) is 6.52. The van der Waals surface area contributed by atoms with E-state index in [1.54, 1.807) is 0 Å². The van der Waals surface area contributed by atoms with E-state index in [1.165, 1.54) is 0 Å². The van der Waals surface area contributed by atoms with Crippen molar-refractivity contribution >= 4 is 18.0 Å². The van der Waals surface area contributed by atoms with Crippen LogP contribution in [0.1, 0.15) is 23.5 Å². The maximum absolute atomic E-state index is 14.0. The first-order valence-corrected chi connectivity index (χ1v) is 10.9. The smallest absolute Gasteiger partial charge is 0.407 e. The summed E-state index contributed by atoms with van der Waals surface area (Å²) in [5.74, 6) is -8.91. The maximum Gasteiger partial charge on any atom is 0.407 e. The molecule has 1 fully saturated rings. The number of nitrogens with one attached hydrogen (secondary N) is 2. The van der Waals surface area contributed by atoms with Crippen molar-refractivity contribution in [3.05, 3.63) is 59.7 Å². The number of carboxylic acid groups (broad SMARTS) is 1. The number of aliphatic hydroxyl groups excluding tert-OH is 1. The Labute approximate surface area is 193 Å². The molecule has 2 amide bonds. The van der Waals surface area contributed by atoms with Crippen molar-refractivity contribution in [1.82, 2.24) is 10.6 Å². The highest BCUT2D eigenvalue weighted by atomic mass is 19.3. The average molecular weight is 474 g/mol. The highest BCUT2D eigenvalue weighted by Crippen LogP contribution is 2.55. The number of benzene rings is 2. The third kappa shape index (κ3) is 4.58. The van der Waals surface area contributed by atoms with Gasteiger partial charge in [-0.15, -0.1) is 0 Å². The van der Waals surface area contributed by atoms with E-state index in [9.17, 15) is 28.3 Å². The summed E-state index contributed by atoms with van der Waals surface area (Å²) >= 11 is 0. The zero-order valence-electron chi connectivity index (χ0n) is 18.0. The van der Waals surface area contributed by atoms with Gasteiger partial charge in [-0.05, 0) is 22.3 Å². The molecule has 180 valence electrons. The molecule has 3 atom stereocenters. The van der Waals surface area contributed by atoms with E-state index in [0.717, 1.165) is 22.3 Å². The quantitative estimate of drug-likeness (QED) is 0.442. The second-order valence-corrected chi connectivity index (χ2v) is 8.40. The van der Waals surface area contributed by atoms with Gasteiger partial charge in [0.05, 0.1) is 5.92 Å². The third-order valence-corrected chi connectivity index (χ3v) is 6.30. The van der Waals surface area contributed by atoms with E-state index < -0.39 is 48.4 Å². The monoisotopic (exact) mass is 474 g/mol. The Morgan fingerprint density at radius 1 is 1.00 bits per heavy atom. The number of carbonyl (C=O) groups excluding carboxylic acids is 2. The predicted octanol–water partition coefficient (Wildman–Crippen LogP) is 2.36. The number of fused-ring (bicyclic) bond motifs is 3. The Morgan fingerprint density at radius 2 is 1.59 bits per heavy atom. The number of carboxylic acids is 1. The minimum absolute atomic E-state index is 0.0384. The van der Waals surface area contributed by atoms with Crippen molar-refractivity contribution in [3.8, 4) is 11.1 Å². The molecule has 2 aliphatic rings. The highest BCUT2D eigenvalue weighted by molar-refractivity contribution is 5.84. The summed E-state index contributed by atoms with van der Waals surface area (Å²) in [6.07, 6.45) is -2.85. The summed E-state index contributed by atoms with van der Waals surface area (Å²) in [7, 11) is 0. The molecule has 0 aromatic heterocycles. The number of hydrogen-bond acceptors (Lipinski definition) is 5. The summed E-state index contributed by atoms with van der Waals surface area (Å²) in [4.78, 5) is 34.7. The van der Waals surface area contributed by atoms with Crippen LogP contribution in [-0.4, -0.2) is 59.9 Å². The molecule has 4 N–H and O–H groups in total. The lowest BCUT2D eigenvalue weighted by molar-refractivity contribution is -0.147. The van der Waals surface area contributed by atoms with E-state index in [1.807, 2.05) is 48.5 Å². The van der Waals surface area contributed by atoms with Crippen molar-refractivity contribution in [2.75, 3.05) is 19.7 Å². The van der Waals surface area contributed by atoms with Crippen LogP contribution < -0.4 is 10.6 Å². The second kappa shape index (κ2) is 9.38. The second-order valence-electron chi connectivity index (χ2n) is 8.40. The largest absolute Gasteiger partial charge is 0.479 e. The van der Waals surface area contributed by atoms with E-state index in [4.69, 9.17) is 9.84 Å². The Balaban J connectivity index is 1.26. The molecule has 10 heteroatoms. The molecule has 0 saturated heterocycles. The lowest BCUT2D eigenvalue weighted by Gasteiger charge is -2.14. The summed E-state index contributed by atoms with van der Waals surface area (Å²) in [6.45, 7) is -0.665. The lowest BCUT2D eigenvalue weighted by atomic mass is 9.98. The number of amides is 2. The molecular weight excluding hydrogens is 450 g/mol. The van der Waals surface area contributed by atoms with Crippen LogP contribution in [0, 0.1) is 11.8 Å². The molecule has 2 aromatic carbocycles. The highest BCUT2D eigenvalue weighted by Gasteiger charge is 2.71. The number of hydrogen-bond donors (Lipinski definition) is 4. The van der Waals surface area contributed by atoms with Gasteiger partial charge in [-0.3, -0.25) is 4.79 Å². The van der Waals surface area contributed by atoms with E-state index in [0.29, 0.717) is 0 Å². The number of ether oxygens (including phenoxy) is 1. The first kappa shape index (κ1) is 23.6. The van der Waals surface area contributed by atoms with Gasteiger partial charge in [-0.1, -0.05) is 48.5 Å². The van der Waals surface area contributed by atoms with Gasteiger partial charge in [0.15, 0.2) is 6.10 Å². The Hall–Kier alpha value is -3.53. The van der Waals surface area contributed by atoms with Gasteiger partial charge in [-0.25, -0.2) is 18.4 Å². The number of aliphatic carboxylic acids is 1. The first-order valence-electron chi connectivity index (χ1n) is 10.9. The number of alkyl carbamates (subject to hydrolysis) is 1. The number of aliphatic hydroxyl groups is 1. The molecule has 0 radical (unpaired) electrons. The number of alkyl halides is 2. The summed E-state index contributed by atoms with van der Waals surface area (Å²) in [5.41, 5.74) is 4.17. The first-order chi connectivity index (χ1) is 16.2. The fraction of sp³-hybridized carbons (Fsp3) is 0.375. The zero-order valence-corrected chi connectivity index (χ0v) is 18.0. The summed E-state index contributed by atoms with van der Waals surface area (Å²) in [5, 5.41) is 22.3. The van der Waals surface area contributed by atoms with Gasteiger partial charge in [0.1, 0.15) is 12.5 Å². The van der Waals surface area contributed by atoms with Crippen LogP contribution in [0.3, 0.4) is 0 Å². The van der Waals surface area contributed by atoms with Gasteiger partial charge in [-0.2, -0.15) is 0 Å². The van der Waals surface area contributed by atoms with Crippen LogP contribution in [0.15, 0.2) is 48.5 Å². The molecule has 0 bridgehead atoms. The van der Waals surface area contributed by atoms with Crippen LogP contribution in [0.25, 0.3) is 11.1 Å². The van der Waals surface area contributed by atoms with Gasteiger partial charge >= 0.3 is 12.1 Å². The molecule has 0 aliphatic heterocycles. The van der Waals surface area contributed by atoms with Crippen LogP contribution in [0.5, 0.6) is 0 Å². The van der Waals surface area contributed by atoms with E-state index in [2.05, 4.69) is 10.6 Å². The summed E-state index contributed by atoms with van der Waals surface area (Å²) < 4.78 is 33.4. The molecule has 0 spiro atoms. The number of rotatable bonds is 9. The fourth-order valence-electron chi connectivity index (χ4n) is 4.41. The zero-order chi connectivity index (χ0) is 24.5. The van der Waals surface area contributed by atoms with Gasteiger partial charge in [0.2, 0.25) is 5.91 Å². The molecule has 2 aromatic rings. The number of halogens is 2. The molecule has 1 unspecified atom stereocenters. The molecule has 0 heterocycles. The van der Waals surface area contributed by atoms with Crippen molar-refractivity contribution in [3.63, 3.8) is 0 Å². The Bertz CT molecular complexity index is 1060. The van der Waals surface area contributed by atoms with Crippen LogP contribution in [-0.2, 0) is 14.3 Å². The minimum Gasteiger partial charge on any atom is -0.479 e. The van der Waals surface area contributed by atoms with E-state index >= 15 is 0 Å². The maximum atomic E-state index is 14.0. The minimum atomic E-state index is -3.30. The van der Waals surface area contributed by atoms with Crippen LogP contribution >= 0.6 is 0 Å². The van der Waals surface area contributed by atoms with Gasteiger partial charge < -0.3 is 25.6 Å². The predicted molar refractivity (Wildman–Crippen MR) is 116 cm³/mol. The van der Waals surface area contributed by atoms with Crippen LogP contribution in [0.2, 0.25) is 0 Å². The van der Waals surface area contributed by atoms with Crippen molar-refractivity contribution in [2.45, 2.75) is 24.4 Å². The molecular formula is C24H24F2N2O6. The number of carbonyl (C=O) groups is 3. The molecule has 1 saturated carbocycles. The van der Waals surface area contributed by atoms with Gasteiger partial charge in [0.25, 0.3) is 5.92 Å². The van der Waals surface area contributed by atoms with Crippen molar-refractivity contribution in [2.24, 2.45) is 11.8 Å². The van der Waals surface area contributed by atoms with E-state index in [-0.39, 0.29) is 25.5 Å². The molecule has 8 nitrogen and oxygen atoms in total. The fourth-order valence-corrected chi connectivity index (χ4v) is 4.41. The van der Waals surface area contributed by atoms with Crippen LogP contribution in [0.4, 0.5) is 13.6 Å².